The minimum absolute atomic E-state index is 0.693. The summed E-state index contributed by atoms with van der Waals surface area (Å²) >= 11 is 9.70. The first-order valence-electron chi connectivity index (χ1n) is 6.46. The maximum atomic E-state index is 6.16. The molecule has 0 bridgehead atoms. The molecule has 21 heavy (non-hydrogen) atoms. The maximum absolute atomic E-state index is 6.16. The van der Waals surface area contributed by atoms with Gasteiger partial charge in [-0.2, -0.15) is 0 Å². The molecule has 2 rings (SSSR count). The Morgan fingerprint density at radius 1 is 1.10 bits per heavy atom. The largest absolute Gasteiger partial charge is 0.495 e. The first-order valence-corrected chi connectivity index (χ1v) is 7.63. The topological polar surface area (TPSA) is 30.5 Å². The summed E-state index contributed by atoms with van der Waals surface area (Å²) in [7, 11) is 5.19. The minimum atomic E-state index is 0.693. The first-order chi connectivity index (χ1) is 10.1. The van der Waals surface area contributed by atoms with Crippen LogP contribution in [-0.4, -0.2) is 21.3 Å². The zero-order valence-electron chi connectivity index (χ0n) is 12.2. The number of methoxy groups -OCH3 is 2. The summed E-state index contributed by atoms with van der Waals surface area (Å²) < 4.78 is 11.7. The van der Waals surface area contributed by atoms with Crippen LogP contribution in [0.5, 0.6) is 11.5 Å². The highest BCUT2D eigenvalue weighted by Gasteiger charge is 2.16. The van der Waals surface area contributed by atoms with E-state index in [1.54, 1.807) is 14.2 Å². The highest BCUT2D eigenvalue weighted by Crippen LogP contribution is 2.43. The second-order valence-corrected chi connectivity index (χ2v) is 5.72. The molecule has 5 heteroatoms. The van der Waals surface area contributed by atoms with Crippen molar-refractivity contribution in [2.75, 3.05) is 21.3 Å². The third kappa shape index (κ3) is 3.34. The van der Waals surface area contributed by atoms with Crippen LogP contribution in [0.25, 0.3) is 11.1 Å². The third-order valence-electron chi connectivity index (χ3n) is 3.22. The van der Waals surface area contributed by atoms with Crippen LogP contribution in [0, 0.1) is 0 Å². The standard InChI is InChI=1S/C16H17BrClNO2/c1-19-9-10-4-5-11(18)8-13(10)12-6-7-14(20-2)15(17)16(12)21-3/h4-8,19H,9H2,1-3H3. The number of halogens is 2. The lowest BCUT2D eigenvalue weighted by Crippen LogP contribution is -2.06. The van der Waals surface area contributed by atoms with E-state index in [-0.39, 0.29) is 0 Å². The lowest BCUT2D eigenvalue weighted by molar-refractivity contribution is 0.390. The first kappa shape index (κ1) is 16.1. The average Bonchev–Trinajstić information content (AvgIpc) is 2.49. The van der Waals surface area contributed by atoms with Gasteiger partial charge in [-0.15, -0.1) is 0 Å². The van der Waals surface area contributed by atoms with Crippen LogP contribution >= 0.6 is 27.5 Å². The van der Waals surface area contributed by atoms with Gasteiger partial charge in [0.05, 0.1) is 14.2 Å². The fourth-order valence-corrected chi connectivity index (χ4v) is 3.09. The molecule has 0 aliphatic carbocycles. The third-order valence-corrected chi connectivity index (χ3v) is 4.20. The Morgan fingerprint density at radius 3 is 2.48 bits per heavy atom. The highest BCUT2D eigenvalue weighted by atomic mass is 79.9. The molecule has 0 saturated heterocycles. The summed E-state index contributed by atoms with van der Waals surface area (Å²) in [5, 5.41) is 3.86. The van der Waals surface area contributed by atoms with E-state index in [2.05, 4.69) is 21.2 Å². The van der Waals surface area contributed by atoms with Crippen LogP contribution < -0.4 is 14.8 Å². The Kier molecular flexibility index (Phi) is 5.51. The van der Waals surface area contributed by atoms with Crippen molar-refractivity contribution in [3.63, 3.8) is 0 Å². The van der Waals surface area contributed by atoms with Crippen molar-refractivity contribution in [3.05, 3.63) is 45.4 Å². The highest BCUT2D eigenvalue weighted by molar-refractivity contribution is 9.10. The summed E-state index contributed by atoms with van der Waals surface area (Å²) in [4.78, 5) is 0. The van der Waals surface area contributed by atoms with Crippen LogP contribution in [0.1, 0.15) is 5.56 Å². The number of rotatable bonds is 5. The van der Waals surface area contributed by atoms with Gasteiger partial charge >= 0.3 is 0 Å². The van der Waals surface area contributed by atoms with E-state index in [1.807, 2.05) is 37.4 Å². The van der Waals surface area contributed by atoms with Gasteiger partial charge in [-0.1, -0.05) is 17.7 Å². The summed E-state index contributed by atoms with van der Waals surface area (Å²) in [6.45, 7) is 0.749. The molecule has 2 aromatic carbocycles. The predicted molar refractivity (Wildman–Crippen MR) is 90.5 cm³/mol. The fourth-order valence-electron chi connectivity index (χ4n) is 2.25. The molecule has 3 nitrogen and oxygen atoms in total. The molecule has 0 spiro atoms. The lowest BCUT2D eigenvalue weighted by atomic mass is 9.98. The maximum Gasteiger partial charge on any atom is 0.144 e. The van der Waals surface area contributed by atoms with Gasteiger partial charge in [0.2, 0.25) is 0 Å². The van der Waals surface area contributed by atoms with Gasteiger partial charge in [0.1, 0.15) is 16.0 Å². The number of ether oxygens (including phenoxy) is 2. The zero-order valence-corrected chi connectivity index (χ0v) is 14.5. The fraction of sp³-hybridized carbons (Fsp3) is 0.250. The van der Waals surface area contributed by atoms with Gasteiger partial charge in [-0.05, 0) is 58.4 Å². The van der Waals surface area contributed by atoms with Crippen LogP contribution in [0.2, 0.25) is 5.02 Å². The Labute approximate surface area is 138 Å². The van der Waals surface area contributed by atoms with Crippen molar-refractivity contribution in [1.29, 1.82) is 0 Å². The number of nitrogens with one attached hydrogen (secondary N) is 1. The Morgan fingerprint density at radius 2 is 1.86 bits per heavy atom. The van der Waals surface area contributed by atoms with Gasteiger partial charge in [0, 0.05) is 17.1 Å². The monoisotopic (exact) mass is 369 g/mol. The smallest absolute Gasteiger partial charge is 0.144 e. The van der Waals surface area contributed by atoms with Gasteiger partial charge < -0.3 is 14.8 Å². The molecule has 0 aromatic heterocycles. The van der Waals surface area contributed by atoms with Crippen LogP contribution in [-0.2, 0) is 6.54 Å². The van der Waals surface area contributed by atoms with E-state index >= 15 is 0 Å². The van der Waals surface area contributed by atoms with Crippen LogP contribution in [0.4, 0.5) is 0 Å². The van der Waals surface area contributed by atoms with E-state index in [0.29, 0.717) is 5.02 Å². The molecule has 0 atom stereocenters. The van der Waals surface area contributed by atoms with Crippen molar-refractivity contribution in [1.82, 2.24) is 5.32 Å². The van der Waals surface area contributed by atoms with Gasteiger partial charge in [-0.3, -0.25) is 0 Å². The van der Waals surface area contributed by atoms with Crippen molar-refractivity contribution in [2.24, 2.45) is 0 Å². The van der Waals surface area contributed by atoms with Gasteiger partial charge in [0.15, 0.2) is 0 Å². The zero-order chi connectivity index (χ0) is 15.4. The molecule has 0 aliphatic heterocycles. The molecule has 0 fully saturated rings. The van der Waals surface area contributed by atoms with Crippen LogP contribution in [0.15, 0.2) is 34.8 Å². The molecule has 1 N–H and O–H groups in total. The summed E-state index contributed by atoms with van der Waals surface area (Å²) in [5.74, 6) is 1.46. The predicted octanol–water partition coefficient (Wildman–Crippen LogP) is 4.51. The molecule has 0 saturated carbocycles. The summed E-state index contributed by atoms with van der Waals surface area (Å²) in [5.41, 5.74) is 3.16. The minimum Gasteiger partial charge on any atom is -0.495 e. The molecular formula is C16H17BrClNO2. The molecule has 2 aromatic rings. The Hall–Kier alpha value is -1.23. The van der Waals surface area contributed by atoms with Crippen molar-refractivity contribution >= 4 is 27.5 Å². The average molecular weight is 371 g/mol. The van der Waals surface area contributed by atoms with E-state index in [0.717, 1.165) is 39.2 Å². The van der Waals surface area contributed by atoms with Crippen molar-refractivity contribution in [2.45, 2.75) is 6.54 Å². The van der Waals surface area contributed by atoms with Gasteiger partial charge in [0.25, 0.3) is 0 Å². The Bertz CT molecular complexity index is 646. The summed E-state index contributed by atoms with van der Waals surface area (Å²) in [6.07, 6.45) is 0. The molecule has 0 aliphatic rings. The second kappa shape index (κ2) is 7.16. The Balaban J connectivity index is 2.66. The van der Waals surface area contributed by atoms with Crippen molar-refractivity contribution in [3.8, 4) is 22.6 Å². The van der Waals surface area contributed by atoms with Gasteiger partial charge in [-0.25, -0.2) is 0 Å². The van der Waals surface area contributed by atoms with E-state index in [9.17, 15) is 0 Å². The number of benzene rings is 2. The SMILES string of the molecule is CNCc1ccc(Cl)cc1-c1ccc(OC)c(Br)c1OC. The lowest BCUT2D eigenvalue weighted by Gasteiger charge is -2.16. The molecule has 0 heterocycles. The molecule has 0 radical (unpaired) electrons. The molecule has 112 valence electrons. The quantitative estimate of drug-likeness (QED) is 0.840. The summed E-state index contributed by atoms with van der Waals surface area (Å²) in [6, 6.07) is 9.75. The molecule has 0 amide bonds. The number of hydrogen-bond acceptors (Lipinski definition) is 3. The number of hydrogen-bond donors (Lipinski definition) is 1. The van der Waals surface area contributed by atoms with Crippen LogP contribution in [0.3, 0.4) is 0 Å². The van der Waals surface area contributed by atoms with E-state index < -0.39 is 0 Å². The molecular weight excluding hydrogens is 354 g/mol. The van der Waals surface area contributed by atoms with E-state index in [1.165, 1.54) is 0 Å². The second-order valence-electron chi connectivity index (χ2n) is 4.49. The van der Waals surface area contributed by atoms with Crippen molar-refractivity contribution < 1.29 is 9.47 Å². The normalized spacial score (nSPS) is 10.5. The van der Waals surface area contributed by atoms with E-state index in [4.69, 9.17) is 21.1 Å². The molecule has 0 unspecified atom stereocenters.